The maximum atomic E-state index is 12.8. The van der Waals surface area contributed by atoms with Crippen LogP contribution >= 0.6 is 0 Å². The number of methoxy groups -OCH3 is 1. The average molecular weight is 376 g/mol. The summed E-state index contributed by atoms with van der Waals surface area (Å²) < 4.78 is 10.6. The number of hydrogen-bond acceptors (Lipinski definition) is 6. The second-order valence-electron chi connectivity index (χ2n) is 6.88. The third kappa shape index (κ3) is 3.88. The molecular weight excluding hydrogens is 352 g/mol. The van der Waals surface area contributed by atoms with Crippen LogP contribution in [0, 0.1) is 0 Å². The number of ether oxygens (including phenoxy) is 2. The molecule has 0 radical (unpaired) electrons. The molecule has 2 heterocycles. The number of morpholine rings is 1. The molecule has 1 aromatic rings. The fourth-order valence-corrected chi connectivity index (χ4v) is 3.26. The van der Waals surface area contributed by atoms with Crippen molar-refractivity contribution in [1.29, 1.82) is 0 Å². The van der Waals surface area contributed by atoms with E-state index < -0.39 is 23.4 Å². The minimum atomic E-state index is -1.26. The van der Waals surface area contributed by atoms with E-state index in [1.807, 2.05) is 11.8 Å². The van der Waals surface area contributed by atoms with Crippen LogP contribution in [0.5, 0.6) is 5.75 Å². The molecule has 0 aliphatic carbocycles. The van der Waals surface area contributed by atoms with Gasteiger partial charge in [0.1, 0.15) is 11.3 Å². The summed E-state index contributed by atoms with van der Waals surface area (Å²) in [5.41, 5.74) is 1.75. The number of benzene rings is 1. The molecule has 2 aliphatic heterocycles. The van der Waals surface area contributed by atoms with Gasteiger partial charge in [-0.25, -0.2) is 4.79 Å². The van der Waals surface area contributed by atoms with Gasteiger partial charge in [0.2, 0.25) is 0 Å². The third-order valence-electron chi connectivity index (χ3n) is 4.79. The molecule has 2 N–H and O–H groups in total. The molecule has 146 valence electrons. The first-order chi connectivity index (χ1) is 12.8. The molecule has 4 amide bonds. The number of carbonyl (C=O) groups excluding carboxylic acids is 3. The van der Waals surface area contributed by atoms with Crippen molar-refractivity contribution in [2.75, 3.05) is 33.4 Å². The largest absolute Gasteiger partial charge is 0.497 e. The molecule has 9 nitrogen and oxygen atoms in total. The molecule has 0 saturated carbocycles. The van der Waals surface area contributed by atoms with Crippen LogP contribution in [0.15, 0.2) is 24.3 Å². The van der Waals surface area contributed by atoms with Gasteiger partial charge in [0.15, 0.2) is 0 Å². The lowest BCUT2D eigenvalue weighted by molar-refractivity contribution is -0.140. The fraction of sp³-hybridized carbons (Fsp3) is 0.500. The lowest BCUT2D eigenvalue weighted by Crippen LogP contribution is -2.52. The Morgan fingerprint density at radius 2 is 2.07 bits per heavy atom. The lowest BCUT2D eigenvalue weighted by Gasteiger charge is -2.30. The highest BCUT2D eigenvalue weighted by Gasteiger charge is 2.50. The van der Waals surface area contributed by atoms with Crippen LogP contribution in [0.1, 0.15) is 19.4 Å². The monoisotopic (exact) mass is 376 g/mol. The molecule has 0 unspecified atom stereocenters. The van der Waals surface area contributed by atoms with Gasteiger partial charge < -0.3 is 14.8 Å². The van der Waals surface area contributed by atoms with Gasteiger partial charge in [-0.15, -0.1) is 0 Å². The second-order valence-corrected chi connectivity index (χ2v) is 6.88. The van der Waals surface area contributed by atoms with Crippen LogP contribution in [-0.2, 0) is 19.9 Å². The van der Waals surface area contributed by atoms with E-state index in [-0.39, 0.29) is 12.6 Å². The SMILES string of the molecule is COc1ccc([C@]2(C)NC(=O)N(NC(=O)CN3CCO[C@@H](C)C3)C2=O)cc1. The van der Waals surface area contributed by atoms with Crippen molar-refractivity contribution in [3.05, 3.63) is 29.8 Å². The first-order valence-corrected chi connectivity index (χ1v) is 8.78. The topological polar surface area (TPSA) is 100 Å². The van der Waals surface area contributed by atoms with E-state index in [0.29, 0.717) is 31.0 Å². The first-order valence-electron chi connectivity index (χ1n) is 8.78. The normalized spacial score (nSPS) is 26.0. The molecule has 9 heteroatoms. The van der Waals surface area contributed by atoms with E-state index in [1.165, 1.54) is 0 Å². The molecule has 3 rings (SSSR count). The molecule has 0 aromatic heterocycles. The van der Waals surface area contributed by atoms with Crippen molar-refractivity contribution in [1.82, 2.24) is 20.7 Å². The van der Waals surface area contributed by atoms with Crippen LogP contribution in [0.3, 0.4) is 0 Å². The molecule has 2 atom stereocenters. The Kier molecular flexibility index (Phi) is 5.33. The van der Waals surface area contributed by atoms with E-state index >= 15 is 0 Å². The van der Waals surface area contributed by atoms with Crippen molar-refractivity contribution < 1.29 is 23.9 Å². The summed E-state index contributed by atoms with van der Waals surface area (Å²) in [5, 5.41) is 3.39. The van der Waals surface area contributed by atoms with Crippen LogP contribution in [0.25, 0.3) is 0 Å². The minimum Gasteiger partial charge on any atom is -0.497 e. The molecule has 2 fully saturated rings. The third-order valence-corrected chi connectivity index (χ3v) is 4.79. The molecule has 0 bridgehead atoms. The zero-order chi connectivity index (χ0) is 19.6. The molecular formula is C18H24N4O5. The Morgan fingerprint density at radius 3 is 2.70 bits per heavy atom. The highest BCUT2D eigenvalue weighted by molar-refractivity contribution is 6.08. The summed E-state index contributed by atoms with van der Waals surface area (Å²) in [4.78, 5) is 39.4. The van der Waals surface area contributed by atoms with E-state index in [2.05, 4.69) is 10.7 Å². The lowest BCUT2D eigenvalue weighted by atomic mass is 9.92. The Labute approximate surface area is 157 Å². The van der Waals surface area contributed by atoms with Crippen LogP contribution in [0.2, 0.25) is 0 Å². The van der Waals surface area contributed by atoms with Gasteiger partial charge >= 0.3 is 6.03 Å². The summed E-state index contributed by atoms with van der Waals surface area (Å²) in [6.45, 7) is 5.42. The van der Waals surface area contributed by atoms with E-state index in [9.17, 15) is 14.4 Å². The number of nitrogens with one attached hydrogen (secondary N) is 2. The number of hydrazine groups is 1. The van der Waals surface area contributed by atoms with Crippen LogP contribution in [0.4, 0.5) is 4.79 Å². The van der Waals surface area contributed by atoms with E-state index in [1.54, 1.807) is 38.3 Å². The Balaban J connectivity index is 1.67. The first kappa shape index (κ1) is 19.1. The number of carbonyl (C=O) groups is 3. The van der Waals surface area contributed by atoms with Gasteiger partial charge in [0, 0.05) is 13.1 Å². The van der Waals surface area contributed by atoms with Gasteiger partial charge in [-0.2, -0.15) is 5.01 Å². The summed E-state index contributed by atoms with van der Waals surface area (Å²) in [6.07, 6.45) is 0.0432. The number of amides is 4. The smallest absolute Gasteiger partial charge is 0.344 e. The van der Waals surface area contributed by atoms with Crippen LogP contribution in [-0.4, -0.2) is 67.2 Å². The average Bonchev–Trinajstić information content (AvgIpc) is 2.86. The highest BCUT2D eigenvalue weighted by Crippen LogP contribution is 2.29. The van der Waals surface area contributed by atoms with E-state index in [4.69, 9.17) is 9.47 Å². The standard InChI is InChI=1S/C18H24N4O5/c1-12-10-21(8-9-27-12)11-15(23)20-22-16(24)18(2,19-17(22)25)13-4-6-14(26-3)7-5-13/h4-7,12H,8-11H2,1-3H3,(H,19,25)(H,20,23)/t12-,18-/m0/s1. The van der Waals surface area contributed by atoms with Gasteiger partial charge in [0.05, 0.1) is 26.4 Å². The summed E-state index contributed by atoms with van der Waals surface area (Å²) in [7, 11) is 1.55. The van der Waals surface area contributed by atoms with Crippen molar-refractivity contribution in [2.24, 2.45) is 0 Å². The number of rotatable bonds is 5. The Hall–Kier alpha value is -2.65. The van der Waals surface area contributed by atoms with Gasteiger partial charge in [-0.05, 0) is 31.5 Å². The van der Waals surface area contributed by atoms with E-state index in [0.717, 1.165) is 5.01 Å². The predicted octanol–water partition coefficient (Wildman–Crippen LogP) is 0.214. The van der Waals surface area contributed by atoms with Crippen molar-refractivity contribution >= 4 is 17.8 Å². The Bertz CT molecular complexity index is 738. The maximum absolute atomic E-state index is 12.8. The summed E-state index contributed by atoms with van der Waals surface area (Å²) in [6, 6.07) is 6.17. The maximum Gasteiger partial charge on any atom is 0.344 e. The summed E-state index contributed by atoms with van der Waals surface area (Å²) >= 11 is 0. The zero-order valence-electron chi connectivity index (χ0n) is 15.7. The number of imide groups is 1. The Morgan fingerprint density at radius 1 is 1.37 bits per heavy atom. The van der Waals surface area contributed by atoms with Gasteiger partial charge in [0.25, 0.3) is 11.8 Å². The van der Waals surface area contributed by atoms with Gasteiger partial charge in [-0.3, -0.25) is 19.9 Å². The molecule has 1 aromatic carbocycles. The molecule has 0 spiro atoms. The van der Waals surface area contributed by atoms with Crippen molar-refractivity contribution in [3.63, 3.8) is 0 Å². The second kappa shape index (κ2) is 7.53. The number of nitrogens with zero attached hydrogens (tertiary/aromatic N) is 2. The minimum absolute atomic E-state index is 0.0432. The van der Waals surface area contributed by atoms with Crippen molar-refractivity contribution in [3.8, 4) is 5.75 Å². The van der Waals surface area contributed by atoms with Crippen molar-refractivity contribution in [2.45, 2.75) is 25.5 Å². The highest BCUT2D eigenvalue weighted by atomic mass is 16.5. The summed E-state index contributed by atoms with van der Waals surface area (Å²) in [5.74, 6) is -0.322. The molecule has 2 saturated heterocycles. The van der Waals surface area contributed by atoms with Crippen LogP contribution < -0.4 is 15.5 Å². The fourth-order valence-electron chi connectivity index (χ4n) is 3.26. The number of urea groups is 1. The quantitative estimate of drug-likeness (QED) is 0.713. The zero-order valence-corrected chi connectivity index (χ0v) is 15.7. The molecule has 2 aliphatic rings. The predicted molar refractivity (Wildman–Crippen MR) is 95.7 cm³/mol. The number of hydrogen-bond donors (Lipinski definition) is 2. The van der Waals surface area contributed by atoms with Gasteiger partial charge in [-0.1, -0.05) is 12.1 Å². The molecule has 27 heavy (non-hydrogen) atoms.